The van der Waals surface area contributed by atoms with Crippen molar-refractivity contribution in [2.75, 3.05) is 6.54 Å². The first-order valence-electron chi connectivity index (χ1n) is 7.85. The molecule has 1 amide bonds. The molecule has 24 heavy (non-hydrogen) atoms. The average Bonchev–Trinajstić information content (AvgIpc) is 3.01. The second-order valence-electron chi connectivity index (χ2n) is 5.56. The molecule has 0 bridgehead atoms. The lowest BCUT2D eigenvalue weighted by molar-refractivity contribution is 0.0954. The summed E-state index contributed by atoms with van der Waals surface area (Å²) in [6, 6.07) is 12.9. The van der Waals surface area contributed by atoms with Crippen LogP contribution >= 0.6 is 11.3 Å². The largest absolute Gasteiger partial charge is 0.508 e. The molecule has 0 aliphatic carbocycles. The number of hydrogen-bond acceptors (Lipinski definition) is 3. The molecule has 1 heterocycles. The number of fused-ring (bicyclic) bond motifs is 1. The summed E-state index contributed by atoms with van der Waals surface area (Å²) >= 11 is 1.66. The molecule has 1 aromatic heterocycles. The predicted octanol–water partition coefficient (Wildman–Crippen LogP) is 4.31. The van der Waals surface area contributed by atoms with Crippen molar-refractivity contribution in [3.8, 4) is 5.75 Å². The molecule has 3 nitrogen and oxygen atoms in total. The highest BCUT2D eigenvalue weighted by Gasteiger charge is 2.12. The van der Waals surface area contributed by atoms with Crippen LogP contribution in [0.2, 0.25) is 0 Å². The Labute approximate surface area is 145 Å². The van der Waals surface area contributed by atoms with E-state index in [9.17, 15) is 9.90 Å². The van der Waals surface area contributed by atoms with Crippen LogP contribution in [0.25, 0.3) is 10.1 Å². The molecule has 0 saturated heterocycles. The summed E-state index contributed by atoms with van der Waals surface area (Å²) in [6.45, 7) is 4.33. The summed E-state index contributed by atoms with van der Waals surface area (Å²) in [6.07, 6.45) is 3.16. The van der Waals surface area contributed by atoms with Gasteiger partial charge in [-0.05, 0) is 48.1 Å². The van der Waals surface area contributed by atoms with Crippen LogP contribution in [0, 0.1) is 0 Å². The molecule has 0 unspecified atom stereocenters. The summed E-state index contributed by atoms with van der Waals surface area (Å²) in [5, 5.41) is 16.3. The number of benzene rings is 2. The van der Waals surface area contributed by atoms with Gasteiger partial charge < -0.3 is 10.4 Å². The number of amides is 1. The predicted molar refractivity (Wildman–Crippen MR) is 99.9 cm³/mol. The number of phenolic OH excluding ortho intramolecular Hbond substituents is 1. The van der Waals surface area contributed by atoms with Crippen LogP contribution in [0.5, 0.6) is 5.75 Å². The number of allylic oxidation sites excluding steroid dienone is 1. The highest BCUT2D eigenvalue weighted by molar-refractivity contribution is 7.17. The fraction of sp³-hybridized carbons (Fsp3) is 0.150. The zero-order valence-electron chi connectivity index (χ0n) is 13.3. The van der Waals surface area contributed by atoms with Crippen molar-refractivity contribution >= 4 is 27.3 Å². The van der Waals surface area contributed by atoms with Gasteiger partial charge in [-0.15, -0.1) is 17.9 Å². The zero-order valence-corrected chi connectivity index (χ0v) is 14.1. The van der Waals surface area contributed by atoms with E-state index >= 15 is 0 Å². The lowest BCUT2D eigenvalue weighted by atomic mass is 10.0. The Morgan fingerprint density at radius 3 is 2.75 bits per heavy atom. The lowest BCUT2D eigenvalue weighted by Crippen LogP contribution is -2.25. The van der Waals surface area contributed by atoms with Gasteiger partial charge in [0.2, 0.25) is 0 Å². The normalized spacial score (nSPS) is 10.7. The smallest absolute Gasteiger partial charge is 0.251 e. The van der Waals surface area contributed by atoms with Gasteiger partial charge in [-0.2, -0.15) is 0 Å². The number of nitrogens with one attached hydrogen (secondary N) is 1. The Kier molecular flexibility index (Phi) is 4.96. The maximum absolute atomic E-state index is 12.1. The quantitative estimate of drug-likeness (QED) is 0.659. The number of carbonyl (C=O) groups is 1. The van der Waals surface area contributed by atoms with Crippen molar-refractivity contribution < 1.29 is 9.90 Å². The minimum Gasteiger partial charge on any atom is -0.508 e. The van der Waals surface area contributed by atoms with Crippen molar-refractivity contribution in [2.24, 2.45) is 0 Å². The fourth-order valence-electron chi connectivity index (χ4n) is 2.80. The maximum atomic E-state index is 12.1. The average molecular weight is 337 g/mol. The standard InChI is InChI=1S/C20H19NO2S/c1-2-6-16-17(22)9-10-18-19(16)15(13-24-18)11-12-21-20(23)14-7-4-3-5-8-14/h2-5,7-10,13,22H,1,6,11-12H2,(H,21,23). The van der Waals surface area contributed by atoms with E-state index in [-0.39, 0.29) is 5.91 Å². The van der Waals surface area contributed by atoms with E-state index in [1.165, 1.54) is 0 Å². The third-order valence-corrected chi connectivity index (χ3v) is 4.96. The molecule has 0 aliphatic rings. The summed E-state index contributed by atoms with van der Waals surface area (Å²) in [7, 11) is 0. The minimum absolute atomic E-state index is 0.0655. The summed E-state index contributed by atoms with van der Waals surface area (Å²) in [5.41, 5.74) is 2.72. The van der Waals surface area contributed by atoms with E-state index in [4.69, 9.17) is 0 Å². The lowest BCUT2D eigenvalue weighted by Gasteiger charge is -2.08. The number of phenols is 1. The molecule has 3 rings (SSSR count). The van der Waals surface area contributed by atoms with Crippen molar-refractivity contribution in [1.29, 1.82) is 0 Å². The number of hydrogen-bond donors (Lipinski definition) is 2. The molecule has 0 spiro atoms. The molecule has 3 aromatic rings. The van der Waals surface area contributed by atoms with E-state index in [1.54, 1.807) is 35.6 Å². The van der Waals surface area contributed by atoms with E-state index in [2.05, 4.69) is 17.3 Å². The molecular weight excluding hydrogens is 318 g/mol. The summed E-state index contributed by atoms with van der Waals surface area (Å²) < 4.78 is 1.15. The Balaban J connectivity index is 1.75. The molecule has 4 heteroatoms. The molecular formula is C20H19NO2S. The molecule has 122 valence electrons. The third-order valence-electron chi connectivity index (χ3n) is 3.96. The molecule has 0 saturated carbocycles. The fourth-order valence-corrected chi connectivity index (χ4v) is 3.82. The van der Waals surface area contributed by atoms with Crippen LogP contribution in [0.1, 0.15) is 21.5 Å². The minimum atomic E-state index is -0.0655. The molecule has 2 aromatic carbocycles. The van der Waals surface area contributed by atoms with Crippen LogP contribution in [0.3, 0.4) is 0 Å². The van der Waals surface area contributed by atoms with Gasteiger partial charge in [0, 0.05) is 27.8 Å². The molecule has 0 atom stereocenters. The first kappa shape index (κ1) is 16.3. The van der Waals surface area contributed by atoms with Crippen molar-refractivity contribution in [3.05, 3.63) is 77.2 Å². The Morgan fingerprint density at radius 2 is 2.00 bits per heavy atom. The highest BCUT2D eigenvalue weighted by Crippen LogP contribution is 2.34. The number of carbonyl (C=O) groups excluding carboxylic acids is 1. The van der Waals surface area contributed by atoms with E-state index in [1.807, 2.05) is 24.3 Å². The molecule has 0 radical (unpaired) electrons. The highest BCUT2D eigenvalue weighted by atomic mass is 32.1. The van der Waals surface area contributed by atoms with Crippen molar-refractivity contribution in [3.63, 3.8) is 0 Å². The van der Waals surface area contributed by atoms with Gasteiger partial charge in [0.15, 0.2) is 0 Å². The first-order valence-corrected chi connectivity index (χ1v) is 8.73. The van der Waals surface area contributed by atoms with E-state index in [0.717, 1.165) is 27.6 Å². The van der Waals surface area contributed by atoms with Gasteiger partial charge in [-0.1, -0.05) is 24.3 Å². The van der Waals surface area contributed by atoms with Crippen molar-refractivity contribution in [1.82, 2.24) is 5.32 Å². The van der Waals surface area contributed by atoms with Gasteiger partial charge in [0.1, 0.15) is 5.75 Å². The first-order chi connectivity index (χ1) is 11.7. The second kappa shape index (κ2) is 7.32. The maximum Gasteiger partial charge on any atom is 0.251 e. The molecule has 0 aliphatic heterocycles. The Hall–Kier alpha value is -2.59. The summed E-state index contributed by atoms with van der Waals surface area (Å²) in [5.74, 6) is 0.236. The van der Waals surface area contributed by atoms with Crippen LogP contribution in [0.15, 0.2) is 60.5 Å². The summed E-state index contributed by atoms with van der Waals surface area (Å²) in [4.78, 5) is 12.1. The third kappa shape index (κ3) is 3.34. The van der Waals surface area contributed by atoms with E-state index in [0.29, 0.717) is 24.3 Å². The van der Waals surface area contributed by atoms with Crippen LogP contribution in [-0.2, 0) is 12.8 Å². The van der Waals surface area contributed by atoms with E-state index < -0.39 is 0 Å². The molecule has 2 N–H and O–H groups in total. The van der Waals surface area contributed by atoms with Gasteiger partial charge in [0.25, 0.3) is 5.91 Å². The number of rotatable bonds is 6. The Morgan fingerprint density at radius 1 is 1.21 bits per heavy atom. The number of aromatic hydroxyl groups is 1. The Bertz CT molecular complexity index is 868. The van der Waals surface area contributed by atoms with Gasteiger partial charge in [-0.3, -0.25) is 4.79 Å². The number of thiophene rings is 1. The van der Waals surface area contributed by atoms with Crippen LogP contribution in [-0.4, -0.2) is 17.6 Å². The van der Waals surface area contributed by atoms with Gasteiger partial charge in [0.05, 0.1) is 0 Å². The van der Waals surface area contributed by atoms with Crippen molar-refractivity contribution in [2.45, 2.75) is 12.8 Å². The topological polar surface area (TPSA) is 49.3 Å². The van der Waals surface area contributed by atoms with Gasteiger partial charge in [-0.25, -0.2) is 0 Å². The van der Waals surface area contributed by atoms with Crippen LogP contribution < -0.4 is 5.32 Å². The second-order valence-corrected chi connectivity index (χ2v) is 6.47. The van der Waals surface area contributed by atoms with Crippen LogP contribution in [0.4, 0.5) is 0 Å². The van der Waals surface area contributed by atoms with Gasteiger partial charge >= 0.3 is 0 Å². The monoisotopic (exact) mass is 337 g/mol. The molecule has 0 fully saturated rings. The zero-order chi connectivity index (χ0) is 16.9. The SMILES string of the molecule is C=CCc1c(O)ccc2scc(CCNC(=O)c3ccccc3)c12.